The molecular formula is C11H18S5Sn. The normalized spacial score (nSPS) is 9.29. The largest absolute Gasteiger partial charge is 0.429 e. The molecule has 1 aromatic rings. The van der Waals surface area contributed by atoms with Crippen molar-refractivity contribution in [2.45, 2.75) is 56.8 Å². The Labute approximate surface area is 140 Å². The summed E-state index contributed by atoms with van der Waals surface area (Å²) in [6.07, 6.45) is 5.84. The zero-order valence-corrected chi connectivity index (χ0v) is 17.2. The maximum atomic E-state index is 4.83. The van der Waals surface area contributed by atoms with E-state index in [-0.39, 0.29) is 21.1 Å². The van der Waals surface area contributed by atoms with Crippen LogP contribution in [-0.2, 0) is 25.3 Å². The van der Waals surface area contributed by atoms with Crippen molar-refractivity contribution in [2.75, 3.05) is 0 Å². The van der Waals surface area contributed by atoms with Crippen molar-refractivity contribution in [2.24, 2.45) is 0 Å². The minimum atomic E-state index is 0.149. The van der Waals surface area contributed by atoms with Gasteiger partial charge in [-0.3, -0.25) is 0 Å². The Bertz CT molecular complexity index is 302. The number of rotatable bonds is 6. The van der Waals surface area contributed by atoms with Gasteiger partial charge in [-0.25, -0.2) is 0 Å². The molecule has 0 N–H and O–H groups in total. The van der Waals surface area contributed by atoms with Crippen LogP contribution >= 0.6 is 34.9 Å². The maximum Gasteiger partial charge on any atom is -0.0460 e. The van der Waals surface area contributed by atoms with Gasteiger partial charge in [-0.2, -0.15) is 0 Å². The molecule has 17 heavy (non-hydrogen) atoms. The molecule has 0 aliphatic carbocycles. The van der Waals surface area contributed by atoms with Crippen LogP contribution in [0.2, 0.25) is 8.87 Å². The summed E-state index contributed by atoms with van der Waals surface area (Å²) in [6.45, 7) is 4.58. The van der Waals surface area contributed by atoms with Crippen LogP contribution in [0.25, 0.3) is 0 Å². The van der Waals surface area contributed by atoms with Gasteiger partial charge in [-0.05, 0) is 3.14 Å². The van der Waals surface area contributed by atoms with Crippen molar-refractivity contribution in [3.8, 4) is 0 Å². The molecule has 0 fully saturated rings. The Morgan fingerprint density at radius 3 is 1.65 bits per heavy atom. The number of unbranched alkanes of at least 4 members (excludes halogenated alkanes) is 2. The van der Waals surface area contributed by atoms with Crippen LogP contribution < -0.4 is 0 Å². The quantitative estimate of drug-likeness (QED) is 0.255. The predicted octanol–water partition coefficient (Wildman–Crippen LogP) is 5.48. The minimum absolute atomic E-state index is 0.149. The zero-order valence-electron chi connectivity index (χ0n) is 10.3. The second-order valence-electron chi connectivity index (χ2n) is 3.49. The van der Waals surface area contributed by atoms with Crippen molar-refractivity contribution in [1.29, 1.82) is 0 Å². The minimum Gasteiger partial charge on any atom is -0.429 e. The molecule has 0 nitrogen and oxygen atoms in total. The van der Waals surface area contributed by atoms with Crippen molar-refractivity contribution < 1.29 is 0 Å². The molecule has 0 aromatic carbocycles. The molecule has 0 aliphatic heterocycles. The summed E-state index contributed by atoms with van der Waals surface area (Å²) in [5.74, 6) is 0. The number of hydrogen-bond acceptors (Lipinski definition) is 5. The second-order valence-corrected chi connectivity index (χ2v) is 12.3. The first-order valence-electron chi connectivity index (χ1n) is 5.80. The Kier molecular flexibility index (Phi) is 13.7. The topological polar surface area (TPSA) is 0 Å². The summed E-state index contributed by atoms with van der Waals surface area (Å²) in [5.41, 5.74) is 0. The van der Waals surface area contributed by atoms with Crippen LogP contribution in [0.4, 0.5) is 0 Å². The Hall–Kier alpha value is 1.51. The summed E-state index contributed by atoms with van der Waals surface area (Å²) in [4.78, 5) is 0. The van der Waals surface area contributed by atoms with Gasteiger partial charge in [-0.1, -0.05) is 0 Å². The zero-order chi connectivity index (χ0) is 13.1. The Morgan fingerprint density at radius 2 is 1.41 bits per heavy atom. The van der Waals surface area contributed by atoms with Gasteiger partial charge in [0.15, 0.2) is 0 Å². The van der Waals surface area contributed by atoms with Crippen molar-refractivity contribution in [1.82, 2.24) is 0 Å². The first-order chi connectivity index (χ1) is 8.11. The second kappa shape index (κ2) is 12.5. The molecule has 0 radical (unpaired) electrons. The van der Waals surface area contributed by atoms with Gasteiger partial charge in [0, 0.05) is 0 Å². The van der Waals surface area contributed by atoms with Gasteiger partial charge in [-0.15, -0.1) is 20.6 Å². The van der Waals surface area contributed by atoms with Crippen LogP contribution in [0.5, 0.6) is 0 Å². The SMILES string of the molecule is CCC[CH2][Sn+2][CH2]CCC.S=c1sc([S-])c([S-])s1. The monoisotopic (exact) mass is 430 g/mol. The summed E-state index contributed by atoms with van der Waals surface area (Å²) < 4.78 is 5.60. The summed E-state index contributed by atoms with van der Waals surface area (Å²) in [6, 6.07) is 0. The molecule has 0 saturated carbocycles. The molecule has 96 valence electrons. The van der Waals surface area contributed by atoms with Crippen LogP contribution in [-0.4, -0.2) is 21.1 Å². The van der Waals surface area contributed by atoms with E-state index in [9.17, 15) is 0 Å². The summed E-state index contributed by atoms with van der Waals surface area (Å²) >= 11 is 17.5. The molecular weight excluding hydrogens is 411 g/mol. The predicted molar refractivity (Wildman–Crippen MR) is 89.5 cm³/mol. The molecule has 1 heterocycles. The van der Waals surface area contributed by atoms with E-state index in [1.54, 1.807) is 8.87 Å². The van der Waals surface area contributed by atoms with E-state index in [4.69, 9.17) is 37.5 Å². The Morgan fingerprint density at radius 1 is 1.00 bits per heavy atom. The van der Waals surface area contributed by atoms with Crippen molar-refractivity contribution in [3.63, 3.8) is 0 Å². The average Bonchev–Trinajstić information content (AvgIpc) is 2.57. The van der Waals surface area contributed by atoms with E-state index in [0.717, 1.165) is 11.6 Å². The standard InChI is InChI=1S/2C4H9.C3H2S5.Sn/c2*1-3-4-2;4-1-2(5)8-3(6)7-1;/h2*1,3-4H2,2H3;4-5H;/q;;;+2/p-2. The van der Waals surface area contributed by atoms with Crippen molar-refractivity contribution >= 4 is 81.3 Å². The van der Waals surface area contributed by atoms with Crippen LogP contribution in [0.1, 0.15) is 39.5 Å². The molecule has 0 amide bonds. The molecule has 0 bridgehead atoms. The Balaban J connectivity index is 0.000000302. The molecule has 0 aliphatic rings. The molecule has 1 rings (SSSR count). The third-order valence-corrected chi connectivity index (χ3v) is 9.51. The molecule has 1 aromatic heterocycles. The van der Waals surface area contributed by atoms with E-state index < -0.39 is 0 Å². The summed E-state index contributed by atoms with van der Waals surface area (Å²) in [7, 11) is 0. The average molecular weight is 429 g/mol. The van der Waals surface area contributed by atoms with Crippen LogP contribution in [0, 0.1) is 3.14 Å². The third kappa shape index (κ3) is 11.1. The van der Waals surface area contributed by atoms with E-state index in [2.05, 4.69) is 13.8 Å². The smallest absolute Gasteiger partial charge is 0.0460 e. The van der Waals surface area contributed by atoms with E-state index in [1.165, 1.54) is 48.4 Å². The molecule has 0 unspecified atom stereocenters. The maximum absolute atomic E-state index is 4.83. The fourth-order valence-corrected chi connectivity index (χ4v) is 8.41. The molecule has 0 spiro atoms. The fraction of sp³-hybridized carbons (Fsp3) is 0.727. The van der Waals surface area contributed by atoms with Gasteiger partial charge >= 0.3 is 69.5 Å². The summed E-state index contributed by atoms with van der Waals surface area (Å²) in [5, 5.41) is 0. The first-order valence-corrected chi connectivity index (χ1v) is 12.7. The molecule has 0 atom stereocenters. The van der Waals surface area contributed by atoms with Crippen LogP contribution in [0.3, 0.4) is 0 Å². The van der Waals surface area contributed by atoms with Gasteiger partial charge in [0.05, 0.1) is 0 Å². The third-order valence-electron chi connectivity index (χ3n) is 1.93. The first kappa shape index (κ1) is 18.5. The van der Waals surface area contributed by atoms with E-state index in [1.807, 2.05) is 0 Å². The van der Waals surface area contributed by atoms with Crippen LogP contribution in [0.15, 0.2) is 8.42 Å². The van der Waals surface area contributed by atoms with Gasteiger partial charge in [0.1, 0.15) is 0 Å². The fourth-order valence-electron chi connectivity index (χ4n) is 0.984. The molecule has 6 heteroatoms. The molecule has 0 saturated heterocycles. The number of hydrogen-bond donors (Lipinski definition) is 0. The van der Waals surface area contributed by atoms with E-state index in [0.29, 0.717) is 0 Å². The van der Waals surface area contributed by atoms with Gasteiger partial charge < -0.3 is 47.9 Å². The van der Waals surface area contributed by atoms with Gasteiger partial charge in [0.2, 0.25) is 0 Å². The van der Waals surface area contributed by atoms with Crippen molar-refractivity contribution in [3.05, 3.63) is 3.14 Å². The van der Waals surface area contributed by atoms with Gasteiger partial charge in [0.25, 0.3) is 0 Å². The van der Waals surface area contributed by atoms with E-state index >= 15 is 0 Å².